The quantitative estimate of drug-likeness (QED) is 0.0701. The van der Waals surface area contributed by atoms with Gasteiger partial charge in [0.05, 0.1) is 57.1 Å². The minimum absolute atomic E-state index is 0.124. The van der Waals surface area contributed by atoms with Crippen LogP contribution >= 0.6 is 111 Å². The first-order valence-electron chi connectivity index (χ1n) is 12.1. The number of likely N-dealkylation sites (N-methyl/N-ethyl adjacent to an activating group) is 1. The summed E-state index contributed by atoms with van der Waals surface area (Å²) in [6.45, 7) is 2.69. The Morgan fingerprint density at radius 2 is 1.83 bits per heavy atom. The molecule has 15 heteroatoms. The number of hydrogen-bond donors (Lipinski definition) is 1. The first-order chi connectivity index (χ1) is 20.3. The van der Waals surface area contributed by atoms with Crippen molar-refractivity contribution in [3.05, 3.63) is 89.6 Å². The zero-order chi connectivity index (χ0) is 30.5. The summed E-state index contributed by atoms with van der Waals surface area (Å²) in [4.78, 5) is 19.1. The number of rotatable bonds is 13. The van der Waals surface area contributed by atoms with E-state index in [2.05, 4.69) is 62.1 Å². The standard InChI is InChI=1S/C27H25Cl3I2N4O3S3/c1-18-11-12-22(23(14-18)36(31)32)35(2)25(37)10-6-4-3-5-8-19-9-7-13-33-27(19)34-21-15-20(17-40-28)26(39-42-30)24(16-21)38-41-29/h3-6,8-12,14-16H,7,13,17H2,1-2H3,(H,33,34)/b4-3+,8-5+,10-6+. The third kappa shape index (κ3) is 10.6. The molecule has 0 aliphatic carbocycles. The van der Waals surface area contributed by atoms with Crippen molar-refractivity contribution in [3.8, 4) is 11.5 Å². The predicted molar refractivity (Wildman–Crippen MR) is 203 cm³/mol. The lowest BCUT2D eigenvalue weighted by Crippen LogP contribution is -2.25. The molecule has 3 rings (SSSR count). The summed E-state index contributed by atoms with van der Waals surface area (Å²) < 4.78 is 12.9. The van der Waals surface area contributed by atoms with E-state index in [9.17, 15) is 4.79 Å². The summed E-state index contributed by atoms with van der Waals surface area (Å²) in [5.74, 6) is 1.89. The van der Waals surface area contributed by atoms with Crippen LogP contribution in [0.3, 0.4) is 0 Å². The van der Waals surface area contributed by atoms with Crippen LogP contribution in [-0.2, 0) is 10.5 Å². The van der Waals surface area contributed by atoms with Crippen LogP contribution in [0.5, 0.6) is 11.5 Å². The molecule has 0 bridgehead atoms. The average molecular weight is 910 g/mol. The molecule has 0 spiro atoms. The van der Waals surface area contributed by atoms with Gasteiger partial charge in [-0.05, 0) is 47.8 Å². The number of amidine groups is 1. The largest absolute Gasteiger partial charge is 0.405 e. The Labute approximate surface area is 300 Å². The van der Waals surface area contributed by atoms with Gasteiger partial charge in [-0.2, -0.15) is 0 Å². The number of anilines is 3. The van der Waals surface area contributed by atoms with Crippen LogP contribution in [0.1, 0.15) is 17.5 Å². The topological polar surface area (TPSA) is 66.4 Å². The number of dihydropyridines is 1. The molecule has 2 aromatic rings. The Hall–Kier alpha value is -0.880. The predicted octanol–water partition coefficient (Wildman–Crippen LogP) is 10.7. The van der Waals surface area contributed by atoms with E-state index in [-0.39, 0.29) is 5.91 Å². The fourth-order valence-electron chi connectivity index (χ4n) is 3.81. The van der Waals surface area contributed by atoms with Crippen molar-refractivity contribution >= 4 is 140 Å². The van der Waals surface area contributed by atoms with E-state index in [0.29, 0.717) is 52.1 Å². The minimum atomic E-state index is -0.124. The number of halogens is 5. The number of amides is 1. The lowest BCUT2D eigenvalue weighted by Gasteiger charge is -2.21. The Morgan fingerprint density at radius 3 is 2.55 bits per heavy atom. The third-order valence-corrected chi connectivity index (χ3v) is 8.37. The van der Waals surface area contributed by atoms with Gasteiger partial charge in [0.25, 0.3) is 5.91 Å². The van der Waals surface area contributed by atoms with E-state index in [1.54, 1.807) is 30.2 Å². The number of carbonyl (C=O) groups excluding carboxylic acids is 1. The monoisotopic (exact) mass is 908 g/mol. The number of allylic oxidation sites excluding steroid dienone is 4. The van der Waals surface area contributed by atoms with E-state index in [1.807, 2.05) is 56.8 Å². The molecule has 42 heavy (non-hydrogen) atoms. The first kappa shape index (κ1) is 35.6. The normalized spacial score (nSPS) is 13.4. The molecule has 0 radical (unpaired) electrons. The molecular weight excluding hydrogens is 885 g/mol. The molecular formula is C27H25Cl3I2N4O3S3. The molecule has 1 heterocycles. The molecule has 0 unspecified atom stereocenters. The van der Waals surface area contributed by atoms with E-state index in [1.165, 1.54) is 0 Å². The molecule has 0 saturated heterocycles. The van der Waals surface area contributed by atoms with Crippen molar-refractivity contribution < 1.29 is 13.2 Å². The van der Waals surface area contributed by atoms with Gasteiger partial charge >= 0.3 is 0 Å². The van der Waals surface area contributed by atoms with Crippen LogP contribution in [0.15, 0.2) is 83.4 Å². The molecule has 0 aromatic heterocycles. The minimum Gasteiger partial charge on any atom is -0.405 e. The zero-order valence-corrected chi connectivity index (χ0v) is 31.3. The second kappa shape index (κ2) is 18.8. The summed E-state index contributed by atoms with van der Waals surface area (Å²) in [7, 11) is 20.3. The van der Waals surface area contributed by atoms with Crippen molar-refractivity contribution in [2.45, 2.75) is 19.1 Å². The highest BCUT2D eigenvalue weighted by Crippen LogP contribution is 2.42. The highest BCUT2D eigenvalue weighted by Gasteiger charge is 2.18. The van der Waals surface area contributed by atoms with E-state index in [0.717, 1.165) is 51.2 Å². The van der Waals surface area contributed by atoms with Gasteiger partial charge in [0.1, 0.15) is 5.84 Å². The molecule has 0 saturated carbocycles. The highest BCUT2D eigenvalue weighted by atomic mass is 127. The van der Waals surface area contributed by atoms with Gasteiger partial charge in [-0.15, -0.1) is 0 Å². The molecule has 7 nitrogen and oxygen atoms in total. The van der Waals surface area contributed by atoms with Gasteiger partial charge in [-0.25, -0.2) is 0 Å². The Balaban J connectivity index is 1.68. The van der Waals surface area contributed by atoms with Crippen molar-refractivity contribution in [2.75, 3.05) is 25.1 Å². The zero-order valence-electron chi connectivity index (χ0n) is 22.2. The number of aryl methyl sites for hydroxylation is 1. The molecule has 1 amide bonds. The SMILES string of the molecule is Cc1ccc(N(C)C(=O)/C=C/C=C/C=C/C2=CCCN=C2Nc2cc(CSCl)c(OSCl)c(OSCl)c2)c(N(I)I)c1. The maximum atomic E-state index is 12.8. The number of hydrogen-bond acceptors (Lipinski definition) is 9. The van der Waals surface area contributed by atoms with E-state index >= 15 is 0 Å². The summed E-state index contributed by atoms with van der Waals surface area (Å²) in [6, 6.07) is 9.65. The number of carbonyl (C=O) groups is 1. The van der Waals surface area contributed by atoms with Crippen LogP contribution in [-0.4, -0.2) is 25.3 Å². The highest BCUT2D eigenvalue weighted by molar-refractivity contribution is 14.2. The lowest BCUT2D eigenvalue weighted by molar-refractivity contribution is -0.113. The van der Waals surface area contributed by atoms with E-state index < -0.39 is 0 Å². The first-order valence-corrected chi connectivity index (χ1v) is 19.0. The molecule has 1 aliphatic heterocycles. The van der Waals surface area contributed by atoms with Gasteiger partial charge in [0, 0.05) is 69.7 Å². The van der Waals surface area contributed by atoms with Crippen LogP contribution in [0, 0.1) is 6.92 Å². The average Bonchev–Trinajstić information content (AvgIpc) is 2.97. The molecule has 0 atom stereocenters. The van der Waals surface area contributed by atoms with Gasteiger partial charge in [0.15, 0.2) is 34.0 Å². The van der Waals surface area contributed by atoms with Crippen molar-refractivity contribution in [1.29, 1.82) is 0 Å². The third-order valence-electron chi connectivity index (χ3n) is 5.73. The van der Waals surface area contributed by atoms with Gasteiger partial charge in [0.2, 0.25) is 0 Å². The fraction of sp³-hybridized carbons (Fsp3) is 0.185. The Bertz CT molecular complexity index is 1380. The number of nitrogens with one attached hydrogen (secondary N) is 1. The second-order valence-corrected chi connectivity index (χ2v) is 14.8. The summed E-state index contributed by atoms with van der Waals surface area (Å²) in [5, 5.41) is 3.37. The molecule has 1 N–H and O–H groups in total. The number of nitrogens with zero attached hydrogens (tertiary/aromatic N) is 3. The Morgan fingerprint density at radius 1 is 1.07 bits per heavy atom. The second-order valence-electron chi connectivity index (χ2n) is 8.54. The molecule has 1 aliphatic rings. The lowest BCUT2D eigenvalue weighted by atomic mass is 10.1. The number of benzene rings is 2. The van der Waals surface area contributed by atoms with Crippen LogP contribution < -0.4 is 19.9 Å². The van der Waals surface area contributed by atoms with Gasteiger partial charge < -0.3 is 18.6 Å². The van der Waals surface area contributed by atoms with Crippen LogP contribution in [0.4, 0.5) is 17.1 Å². The molecule has 224 valence electrons. The summed E-state index contributed by atoms with van der Waals surface area (Å²) >= 11 is 5.75. The van der Waals surface area contributed by atoms with Crippen molar-refractivity contribution in [2.24, 2.45) is 4.99 Å². The van der Waals surface area contributed by atoms with Crippen LogP contribution in [0.2, 0.25) is 0 Å². The fourth-order valence-corrected chi connectivity index (χ4v) is 6.10. The summed E-state index contributed by atoms with van der Waals surface area (Å²) in [6.07, 6.45) is 13.7. The molecule has 2 aromatic carbocycles. The maximum Gasteiger partial charge on any atom is 0.250 e. The Kier molecular flexibility index (Phi) is 15.9. The van der Waals surface area contributed by atoms with Gasteiger partial charge in [-0.1, -0.05) is 53.5 Å². The van der Waals surface area contributed by atoms with Gasteiger partial charge in [-0.3, -0.25) is 11.1 Å². The smallest absolute Gasteiger partial charge is 0.250 e. The van der Waals surface area contributed by atoms with Crippen LogP contribution in [0.25, 0.3) is 0 Å². The van der Waals surface area contributed by atoms with E-state index in [4.69, 9.17) is 40.4 Å². The maximum absolute atomic E-state index is 12.8. The summed E-state index contributed by atoms with van der Waals surface area (Å²) in [5.41, 5.74) is 5.36. The number of aliphatic imine (C=N–C) groups is 1. The van der Waals surface area contributed by atoms with Crippen molar-refractivity contribution in [3.63, 3.8) is 0 Å². The molecule has 0 fully saturated rings. The van der Waals surface area contributed by atoms with Crippen molar-refractivity contribution in [1.82, 2.24) is 0 Å².